The first-order chi connectivity index (χ1) is 10.0. The molecule has 1 N–H and O–H groups in total. The molecule has 0 aliphatic heterocycles. The van der Waals surface area contributed by atoms with E-state index < -0.39 is 11.6 Å². The van der Waals surface area contributed by atoms with E-state index in [1.807, 2.05) is 12.1 Å². The SMILES string of the molecule is CCNC(C)Cc1ccc(-c2c(F)ccc(C)c2F)cc1. The Bertz CT molecular complexity index is 605. The zero-order chi connectivity index (χ0) is 15.4. The number of aryl methyl sites for hydroxylation is 1. The quantitative estimate of drug-likeness (QED) is 0.855. The molecule has 0 amide bonds. The summed E-state index contributed by atoms with van der Waals surface area (Å²) in [5.41, 5.74) is 2.24. The summed E-state index contributed by atoms with van der Waals surface area (Å²) in [5, 5.41) is 3.35. The average molecular weight is 289 g/mol. The molecular weight excluding hydrogens is 268 g/mol. The highest BCUT2D eigenvalue weighted by Crippen LogP contribution is 2.28. The largest absolute Gasteiger partial charge is 0.314 e. The van der Waals surface area contributed by atoms with Gasteiger partial charge in [-0.05, 0) is 49.6 Å². The minimum Gasteiger partial charge on any atom is -0.314 e. The lowest BCUT2D eigenvalue weighted by Gasteiger charge is -2.13. The zero-order valence-corrected chi connectivity index (χ0v) is 12.7. The van der Waals surface area contributed by atoms with Gasteiger partial charge in [0.1, 0.15) is 11.6 Å². The molecule has 21 heavy (non-hydrogen) atoms. The number of benzene rings is 2. The van der Waals surface area contributed by atoms with Crippen molar-refractivity contribution in [1.82, 2.24) is 5.32 Å². The van der Waals surface area contributed by atoms with Crippen molar-refractivity contribution < 1.29 is 8.78 Å². The molecule has 0 saturated heterocycles. The number of rotatable bonds is 5. The molecule has 0 heterocycles. The highest BCUT2D eigenvalue weighted by molar-refractivity contribution is 5.66. The maximum Gasteiger partial charge on any atom is 0.136 e. The molecule has 2 rings (SSSR count). The summed E-state index contributed by atoms with van der Waals surface area (Å²) in [6, 6.07) is 10.6. The van der Waals surface area contributed by atoms with Gasteiger partial charge >= 0.3 is 0 Å². The van der Waals surface area contributed by atoms with Crippen LogP contribution in [-0.4, -0.2) is 12.6 Å². The van der Waals surface area contributed by atoms with Gasteiger partial charge in [0.25, 0.3) is 0 Å². The molecule has 0 saturated carbocycles. The summed E-state index contributed by atoms with van der Waals surface area (Å²) in [5.74, 6) is -1.00. The van der Waals surface area contributed by atoms with Crippen LogP contribution in [0.4, 0.5) is 8.78 Å². The Labute approximate surface area is 125 Å². The lowest BCUT2D eigenvalue weighted by atomic mass is 9.99. The molecule has 0 fully saturated rings. The molecule has 1 atom stereocenters. The molecule has 1 unspecified atom stereocenters. The van der Waals surface area contributed by atoms with Gasteiger partial charge in [0.2, 0.25) is 0 Å². The summed E-state index contributed by atoms with van der Waals surface area (Å²) < 4.78 is 28.0. The minimum absolute atomic E-state index is 0.0567. The maximum atomic E-state index is 14.1. The van der Waals surface area contributed by atoms with Crippen molar-refractivity contribution in [1.29, 1.82) is 0 Å². The van der Waals surface area contributed by atoms with Crippen LogP contribution in [0.5, 0.6) is 0 Å². The van der Waals surface area contributed by atoms with E-state index in [1.54, 1.807) is 19.1 Å². The molecule has 2 aromatic rings. The zero-order valence-electron chi connectivity index (χ0n) is 12.7. The second-order valence-corrected chi connectivity index (χ2v) is 5.41. The third-order valence-corrected chi connectivity index (χ3v) is 3.62. The normalized spacial score (nSPS) is 12.4. The van der Waals surface area contributed by atoms with E-state index >= 15 is 0 Å². The number of halogens is 2. The predicted octanol–water partition coefficient (Wildman–Crippen LogP) is 4.48. The van der Waals surface area contributed by atoms with E-state index in [2.05, 4.69) is 19.2 Å². The van der Waals surface area contributed by atoms with E-state index in [9.17, 15) is 8.78 Å². The Morgan fingerprint density at radius 2 is 1.71 bits per heavy atom. The van der Waals surface area contributed by atoms with Gasteiger partial charge in [-0.25, -0.2) is 8.78 Å². The molecule has 0 aliphatic carbocycles. The van der Waals surface area contributed by atoms with Crippen LogP contribution in [-0.2, 0) is 6.42 Å². The Kier molecular flexibility index (Phi) is 5.07. The van der Waals surface area contributed by atoms with Crippen molar-refractivity contribution in [3.8, 4) is 11.1 Å². The van der Waals surface area contributed by atoms with E-state index in [0.29, 0.717) is 17.2 Å². The summed E-state index contributed by atoms with van der Waals surface area (Å²) in [6.07, 6.45) is 0.896. The third kappa shape index (κ3) is 3.67. The molecular formula is C18H21F2N. The van der Waals surface area contributed by atoms with Crippen LogP contribution in [0.15, 0.2) is 36.4 Å². The van der Waals surface area contributed by atoms with Gasteiger partial charge in [-0.3, -0.25) is 0 Å². The van der Waals surface area contributed by atoms with E-state index in [1.165, 1.54) is 12.1 Å². The average Bonchev–Trinajstić information content (AvgIpc) is 2.45. The van der Waals surface area contributed by atoms with Crippen molar-refractivity contribution in [2.24, 2.45) is 0 Å². The summed E-state index contributed by atoms with van der Waals surface area (Å²) in [7, 11) is 0. The van der Waals surface area contributed by atoms with E-state index in [0.717, 1.165) is 18.5 Å². The Morgan fingerprint density at radius 1 is 1.05 bits per heavy atom. The summed E-state index contributed by atoms with van der Waals surface area (Å²) in [4.78, 5) is 0. The van der Waals surface area contributed by atoms with Gasteiger partial charge in [-0.2, -0.15) is 0 Å². The summed E-state index contributed by atoms with van der Waals surface area (Å²) >= 11 is 0. The molecule has 112 valence electrons. The maximum absolute atomic E-state index is 14.1. The molecule has 1 nitrogen and oxygen atoms in total. The third-order valence-electron chi connectivity index (χ3n) is 3.62. The van der Waals surface area contributed by atoms with Gasteiger partial charge in [-0.1, -0.05) is 37.3 Å². The second-order valence-electron chi connectivity index (χ2n) is 5.41. The first-order valence-corrected chi connectivity index (χ1v) is 7.30. The smallest absolute Gasteiger partial charge is 0.136 e. The van der Waals surface area contributed by atoms with Gasteiger partial charge in [0, 0.05) is 6.04 Å². The monoisotopic (exact) mass is 289 g/mol. The van der Waals surface area contributed by atoms with Crippen molar-refractivity contribution in [3.63, 3.8) is 0 Å². The van der Waals surface area contributed by atoms with Crippen molar-refractivity contribution in [3.05, 3.63) is 59.2 Å². The van der Waals surface area contributed by atoms with E-state index in [4.69, 9.17) is 0 Å². The number of hydrogen-bond donors (Lipinski definition) is 1. The molecule has 2 aromatic carbocycles. The van der Waals surface area contributed by atoms with Crippen molar-refractivity contribution >= 4 is 0 Å². The molecule has 0 spiro atoms. The van der Waals surface area contributed by atoms with Gasteiger partial charge in [0.15, 0.2) is 0 Å². The fourth-order valence-corrected chi connectivity index (χ4v) is 2.50. The molecule has 0 bridgehead atoms. The molecule has 0 aromatic heterocycles. The number of likely N-dealkylation sites (N-methyl/N-ethyl adjacent to an activating group) is 1. The lowest BCUT2D eigenvalue weighted by Crippen LogP contribution is -2.27. The molecule has 3 heteroatoms. The summed E-state index contributed by atoms with van der Waals surface area (Å²) in [6.45, 7) is 6.77. The fraction of sp³-hybridized carbons (Fsp3) is 0.333. The standard InChI is InChI=1S/C18H21F2N/c1-4-21-13(3)11-14-6-8-15(9-7-14)17-16(19)10-5-12(2)18(17)20/h5-10,13,21H,4,11H2,1-3H3. The van der Waals surface area contributed by atoms with E-state index in [-0.39, 0.29) is 5.56 Å². The molecule has 0 aliphatic rings. The van der Waals surface area contributed by atoms with Crippen molar-refractivity contribution in [2.45, 2.75) is 33.2 Å². The van der Waals surface area contributed by atoms with Crippen LogP contribution < -0.4 is 5.32 Å². The lowest BCUT2D eigenvalue weighted by molar-refractivity contribution is 0.565. The van der Waals surface area contributed by atoms with Gasteiger partial charge < -0.3 is 5.32 Å². The highest BCUT2D eigenvalue weighted by atomic mass is 19.1. The second kappa shape index (κ2) is 6.81. The number of hydrogen-bond acceptors (Lipinski definition) is 1. The Morgan fingerprint density at radius 3 is 2.33 bits per heavy atom. The minimum atomic E-state index is -0.521. The van der Waals surface area contributed by atoms with Gasteiger partial charge in [-0.15, -0.1) is 0 Å². The Hall–Kier alpha value is -1.74. The fourth-order valence-electron chi connectivity index (χ4n) is 2.50. The first-order valence-electron chi connectivity index (χ1n) is 7.30. The van der Waals surface area contributed by atoms with Crippen molar-refractivity contribution in [2.75, 3.05) is 6.54 Å². The van der Waals surface area contributed by atoms with Crippen LogP contribution in [0.25, 0.3) is 11.1 Å². The highest BCUT2D eigenvalue weighted by Gasteiger charge is 2.13. The van der Waals surface area contributed by atoms with Crippen LogP contribution in [0.3, 0.4) is 0 Å². The van der Waals surface area contributed by atoms with Crippen LogP contribution in [0, 0.1) is 18.6 Å². The number of nitrogens with one attached hydrogen (secondary N) is 1. The van der Waals surface area contributed by atoms with Crippen LogP contribution >= 0.6 is 0 Å². The predicted molar refractivity (Wildman–Crippen MR) is 83.4 cm³/mol. The topological polar surface area (TPSA) is 12.0 Å². The van der Waals surface area contributed by atoms with Gasteiger partial charge in [0.05, 0.1) is 5.56 Å². The Balaban J connectivity index is 2.25. The molecule has 0 radical (unpaired) electrons. The van der Waals surface area contributed by atoms with Crippen LogP contribution in [0.1, 0.15) is 25.0 Å². The first kappa shape index (κ1) is 15.6. The van der Waals surface area contributed by atoms with Crippen LogP contribution in [0.2, 0.25) is 0 Å².